The number of aromatic nitrogens is 2. The van der Waals surface area contributed by atoms with Crippen molar-refractivity contribution in [2.24, 2.45) is 0 Å². The molecule has 0 spiro atoms. The summed E-state index contributed by atoms with van der Waals surface area (Å²) >= 11 is 3.17. The summed E-state index contributed by atoms with van der Waals surface area (Å²) in [5.41, 5.74) is -0.330. The van der Waals surface area contributed by atoms with Crippen LogP contribution in [0.4, 0.5) is 4.79 Å². The molecule has 0 atom stereocenters. The first-order valence-electron chi connectivity index (χ1n) is 9.25. The van der Waals surface area contributed by atoms with Crippen LogP contribution in [0.1, 0.15) is 20.8 Å². The number of ether oxygens (including phenoxy) is 2. The molecule has 1 heterocycles. The fraction of sp³-hybridized carbons (Fsp3) is 0.556. The zero-order valence-electron chi connectivity index (χ0n) is 18.0. The maximum Gasteiger partial charge on any atom is 0.410 e. The quantitative estimate of drug-likeness (QED) is 0.467. The van der Waals surface area contributed by atoms with Crippen LogP contribution in [0, 0.1) is 0 Å². The van der Waals surface area contributed by atoms with Crippen LogP contribution in [0.3, 0.4) is 0 Å². The average Bonchev–Trinajstić information content (AvgIpc) is 2.96. The smallest absolute Gasteiger partial charge is 0.410 e. The lowest BCUT2D eigenvalue weighted by Gasteiger charge is -2.24. The number of nitrogens with zero attached hydrogens (tertiary/aromatic N) is 3. The predicted octanol–water partition coefficient (Wildman–Crippen LogP) is 2.26. The van der Waals surface area contributed by atoms with Gasteiger partial charge in [-0.2, -0.15) is 4.09 Å². The number of halogens is 1. The molecule has 0 bridgehead atoms. The third-order valence-corrected chi connectivity index (χ3v) is 7.19. The fourth-order valence-electron chi connectivity index (χ4n) is 2.50. The standard InChI is InChI=1S/C18H26BrN3O7S2/c1-18(2,3)29-17(23)21(4)8-9-28-10-11-31(26,27)13-6-7-15-14(12-13)16(19)20-22(15)30(5,24)25/h6-7,12H,8-11H2,1-5H3. The topological polar surface area (TPSA) is 125 Å². The Morgan fingerprint density at radius 1 is 1.19 bits per heavy atom. The van der Waals surface area contributed by atoms with Gasteiger partial charge >= 0.3 is 6.09 Å². The largest absolute Gasteiger partial charge is 0.444 e. The van der Waals surface area contributed by atoms with E-state index in [9.17, 15) is 21.6 Å². The van der Waals surface area contributed by atoms with Gasteiger partial charge in [0, 0.05) is 19.0 Å². The normalized spacial score (nSPS) is 12.8. The second kappa shape index (κ2) is 9.43. The van der Waals surface area contributed by atoms with Gasteiger partial charge in [0.25, 0.3) is 10.0 Å². The molecular weight excluding hydrogens is 514 g/mol. The lowest BCUT2D eigenvalue weighted by Crippen LogP contribution is -2.36. The van der Waals surface area contributed by atoms with E-state index in [4.69, 9.17) is 9.47 Å². The van der Waals surface area contributed by atoms with Crippen molar-refractivity contribution in [3.8, 4) is 0 Å². The molecule has 10 nitrogen and oxygen atoms in total. The summed E-state index contributed by atoms with van der Waals surface area (Å²) in [7, 11) is -5.74. The van der Waals surface area contributed by atoms with Gasteiger partial charge < -0.3 is 14.4 Å². The molecule has 1 aromatic carbocycles. The number of benzene rings is 1. The summed E-state index contributed by atoms with van der Waals surface area (Å²) in [5.74, 6) is -0.271. The lowest BCUT2D eigenvalue weighted by atomic mass is 10.2. The summed E-state index contributed by atoms with van der Waals surface area (Å²) in [4.78, 5) is 13.3. The molecule has 0 radical (unpaired) electrons. The number of likely N-dealkylation sites (N-methyl/N-ethyl adjacent to an activating group) is 1. The first-order chi connectivity index (χ1) is 14.1. The number of hydrogen-bond donors (Lipinski definition) is 0. The third kappa shape index (κ3) is 6.89. The Morgan fingerprint density at radius 3 is 2.42 bits per heavy atom. The minimum Gasteiger partial charge on any atom is -0.444 e. The van der Waals surface area contributed by atoms with Crippen LogP contribution in [-0.2, 0) is 29.3 Å². The first-order valence-corrected chi connectivity index (χ1v) is 13.5. The van der Waals surface area contributed by atoms with E-state index in [-0.39, 0.29) is 40.5 Å². The van der Waals surface area contributed by atoms with Crippen LogP contribution in [0.15, 0.2) is 27.7 Å². The molecule has 0 aliphatic heterocycles. The van der Waals surface area contributed by atoms with Crippen LogP contribution in [-0.4, -0.2) is 81.4 Å². The molecule has 0 saturated heterocycles. The maximum absolute atomic E-state index is 12.6. The molecule has 2 rings (SSSR count). The molecule has 1 aromatic heterocycles. The highest BCUT2D eigenvalue weighted by molar-refractivity contribution is 9.10. The number of hydrogen-bond acceptors (Lipinski definition) is 8. The molecule has 31 heavy (non-hydrogen) atoms. The third-order valence-electron chi connectivity index (χ3n) is 4.02. The number of sulfone groups is 1. The zero-order chi connectivity index (χ0) is 23.6. The minimum absolute atomic E-state index is 0.0308. The number of carbonyl (C=O) groups excluding carboxylic acids is 1. The Kier molecular flexibility index (Phi) is 7.77. The number of rotatable bonds is 8. The molecule has 0 fully saturated rings. The number of fused-ring (bicyclic) bond motifs is 1. The van der Waals surface area contributed by atoms with Gasteiger partial charge in [0.2, 0.25) is 0 Å². The Hall–Kier alpha value is -1.70. The van der Waals surface area contributed by atoms with E-state index in [2.05, 4.69) is 21.0 Å². The van der Waals surface area contributed by atoms with Crippen molar-refractivity contribution in [2.45, 2.75) is 31.3 Å². The lowest BCUT2D eigenvalue weighted by molar-refractivity contribution is 0.0238. The highest BCUT2D eigenvalue weighted by Crippen LogP contribution is 2.27. The summed E-state index contributed by atoms with van der Waals surface area (Å²) < 4.78 is 60.5. The van der Waals surface area contributed by atoms with E-state index in [0.717, 1.165) is 10.3 Å². The molecular formula is C18H26BrN3O7S2. The van der Waals surface area contributed by atoms with Gasteiger partial charge in [-0.3, -0.25) is 0 Å². The van der Waals surface area contributed by atoms with E-state index >= 15 is 0 Å². The van der Waals surface area contributed by atoms with Crippen molar-refractivity contribution >= 4 is 52.8 Å². The summed E-state index contributed by atoms with van der Waals surface area (Å²) in [6.45, 7) is 5.63. The molecule has 0 N–H and O–H groups in total. The highest BCUT2D eigenvalue weighted by Gasteiger charge is 2.21. The second-order valence-electron chi connectivity index (χ2n) is 7.91. The Bertz CT molecular complexity index is 1170. The van der Waals surface area contributed by atoms with Gasteiger partial charge in [-0.25, -0.2) is 21.6 Å². The van der Waals surface area contributed by atoms with Crippen LogP contribution in [0.25, 0.3) is 10.9 Å². The molecule has 1 amide bonds. The van der Waals surface area contributed by atoms with Crippen LogP contribution >= 0.6 is 15.9 Å². The minimum atomic E-state index is -3.67. The van der Waals surface area contributed by atoms with Crippen molar-refractivity contribution in [3.63, 3.8) is 0 Å². The predicted molar refractivity (Wildman–Crippen MR) is 119 cm³/mol. The number of amides is 1. The Balaban J connectivity index is 1.97. The van der Waals surface area contributed by atoms with E-state index < -0.39 is 31.6 Å². The summed E-state index contributed by atoms with van der Waals surface area (Å²) in [5, 5.41) is 4.27. The van der Waals surface area contributed by atoms with Crippen LogP contribution in [0.5, 0.6) is 0 Å². The van der Waals surface area contributed by atoms with Gasteiger partial charge in [0.05, 0.1) is 35.6 Å². The van der Waals surface area contributed by atoms with Gasteiger partial charge in [-0.15, -0.1) is 5.10 Å². The van der Waals surface area contributed by atoms with Gasteiger partial charge in [0.1, 0.15) is 10.2 Å². The second-order valence-corrected chi connectivity index (χ2v) is 12.6. The van der Waals surface area contributed by atoms with E-state index in [1.807, 2.05) is 0 Å². The van der Waals surface area contributed by atoms with Gasteiger partial charge in [-0.1, -0.05) is 0 Å². The van der Waals surface area contributed by atoms with Crippen molar-refractivity contribution in [3.05, 3.63) is 22.8 Å². The summed E-state index contributed by atoms with van der Waals surface area (Å²) in [6, 6.07) is 4.11. The fourth-order valence-corrected chi connectivity index (χ4v) is 4.98. The monoisotopic (exact) mass is 539 g/mol. The van der Waals surface area contributed by atoms with Crippen LogP contribution in [0.2, 0.25) is 0 Å². The van der Waals surface area contributed by atoms with Gasteiger partial charge in [-0.05, 0) is 54.9 Å². The highest BCUT2D eigenvalue weighted by atomic mass is 79.9. The number of carbonyl (C=O) groups is 1. The van der Waals surface area contributed by atoms with E-state index in [1.54, 1.807) is 27.8 Å². The van der Waals surface area contributed by atoms with Crippen molar-refractivity contribution < 1.29 is 31.1 Å². The molecule has 174 valence electrons. The van der Waals surface area contributed by atoms with Crippen molar-refractivity contribution in [1.82, 2.24) is 14.1 Å². The van der Waals surface area contributed by atoms with Gasteiger partial charge in [0.15, 0.2) is 9.84 Å². The molecule has 13 heteroatoms. The Labute approximate surface area is 190 Å². The zero-order valence-corrected chi connectivity index (χ0v) is 21.2. The first kappa shape index (κ1) is 25.6. The molecule has 0 aliphatic carbocycles. The molecule has 0 saturated carbocycles. The van der Waals surface area contributed by atoms with E-state index in [1.165, 1.54) is 23.1 Å². The molecule has 0 aliphatic rings. The van der Waals surface area contributed by atoms with Crippen LogP contribution < -0.4 is 0 Å². The summed E-state index contributed by atoms with van der Waals surface area (Å²) in [6.07, 6.45) is 0.519. The average molecular weight is 540 g/mol. The SMILES string of the molecule is CN(CCOCCS(=O)(=O)c1ccc2c(c1)c(Br)nn2S(C)(=O)=O)C(=O)OC(C)(C)C. The van der Waals surface area contributed by atoms with Crippen molar-refractivity contribution in [1.29, 1.82) is 0 Å². The Morgan fingerprint density at radius 2 is 1.84 bits per heavy atom. The van der Waals surface area contributed by atoms with E-state index in [0.29, 0.717) is 5.39 Å². The maximum atomic E-state index is 12.6. The molecule has 0 unspecified atom stereocenters. The van der Waals surface area contributed by atoms with Crippen molar-refractivity contribution in [2.75, 3.05) is 38.8 Å². The molecule has 2 aromatic rings.